The molecule has 1 rings (SSSR count). The molecule has 0 saturated heterocycles. The average Bonchev–Trinajstić information content (AvgIpc) is 2.20. The Morgan fingerprint density at radius 1 is 1.56 bits per heavy atom. The minimum atomic E-state index is -0.206. The summed E-state index contributed by atoms with van der Waals surface area (Å²) in [4.78, 5) is 0. The Balaban J connectivity index is 2.99. The summed E-state index contributed by atoms with van der Waals surface area (Å²) in [6.45, 7) is 8.78. The Bertz CT molecular complexity index is 376. The van der Waals surface area contributed by atoms with Gasteiger partial charge in [-0.15, -0.1) is 6.58 Å². The van der Waals surface area contributed by atoms with Crippen molar-refractivity contribution >= 4 is 15.9 Å². The summed E-state index contributed by atoms with van der Waals surface area (Å²) >= 11 is 3.45. The van der Waals surface area contributed by atoms with E-state index in [2.05, 4.69) is 27.8 Å². The maximum Gasteiger partial charge on any atom is 0.123 e. The van der Waals surface area contributed by atoms with Crippen LogP contribution in [0.2, 0.25) is 0 Å². The first kappa shape index (κ1) is 13.4. The van der Waals surface area contributed by atoms with Crippen molar-refractivity contribution in [3.05, 3.63) is 46.2 Å². The zero-order chi connectivity index (χ0) is 12.1. The molecule has 0 saturated carbocycles. The molecule has 0 radical (unpaired) electrons. The second-order valence-electron chi connectivity index (χ2n) is 3.94. The molecule has 0 spiro atoms. The molecule has 0 aliphatic heterocycles. The predicted molar refractivity (Wildman–Crippen MR) is 69.9 cm³/mol. The number of nitrogens with one attached hydrogen (secondary N) is 1. The summed E-state index contributed by atoms with van der Waals surface area (Å²) in [5.74, 6) is -0.206. The van der Waals surface area contributed by atoms with Crippen molar-refractivity contribution in [2.75, 3.05) is 6.54 Å². The van der Waals surface area contributed by atoms with E-state index in [4.69, 9.17) is 0 Å². The fourth-order valence-electron chi connectivity index (χ4n) is 1.67. The van der Waals surface area contributed by atoms with Gasteiger partial charge >= 0.3 is 0 Å². The van der Waals surface area contributed by atoms with Gasteiger partial charge in [0.1, 0.15) is 5.82 Å². The summed E-state index contributed by atoms with van der Waals surface area (Å²) in [5, 5.41) is 3.34. The van der Waals surface area contributed by atoms with Crippen LogP contribution >= 0.6 is 15.9 Å². The molecule has 16 heavy (non-hydrogen) atoms. The van der Waals surface area contributed by atoms with Gasteiger partial charge in [0.05, 0.1) is 0 Å². The number of hydrogen-bond donors (Lipinski definition) is 1. The topological polar surface area (TPSA) is 12.0 Å². The van der Waals surface area contributed by atoms with Crippen LogP contribution in [-0.4, -0.2) is 6.54 Å². The van der Waals surface area contributed by atoms with Gasteiger partial charge in [-0.1, -0.05) is 28.4 Å². The second-order valence-corrected chi connectivity index (χ2v) is 4.79. The van der Waals surface area contributed by atoms with E-state index < -0.39 is 0 Å². The summed E-state index contributed by atoms with van der Waals surface area (Å²) in [7, 11) is 0. The van der Waals surface area contributed by atoms with Crippen molar-refractivity contribution in [1.82, 2.24) is 5.32 Å². The lowest BCUT2D eigenvalue weighted by atomic mass is 10.0. The Labute approximate surface area is 105 Å². The van der Waals surface area contributed by atoms with Crippen LogP contribution in [0.1, 0.15) is 31.9 Å². The van der Waals surface area contributed by atoms with Crippen molar-refractivity contribution in [2.45, 2.75) is 26.3 Å². The first-order chi connectivity index (χ1) is 7.54. The molecule has 1 nitrogen and oxygen atoms in total. The molecule has 1 aromatic rings. The van der Waals surface area contributed by atoms with Crippen LogP contribution in [0, 0.1) is 5.82 Å². The van der Waals surface area contributed by atoms with Crippen LogP contribution in [-0.2, 0) is 0 Å². The van der Waals surface area contributed by atoms with Crippen LogP contribution in [0.15, 0.2) is 34.8 Å². The Kier molecular flexibility index (Phi) is 5.16. The van der Waals surface area contributed by atoms with Crippen molar-refractivity contribution in [3.8, 4) is 0 Å². The Hall–Kier alpha value is -0.670. The van der Waals surface area contributed by atoms with Crippen LogP contribution in [0.5, 0.6) is 0 Å². The normalized spacial score (nSPS) is 12.5. The minimum absolute atomic E-state index is 0.118. The van der Waals surface area contributed by atoms with E-state index in [0.717, 1.165) is 28.6 Å². The first-order valence-electron chi connectivity index (χ1n) is 5.37. The highest BCUT2D eigenvalue weighted by atomic mass is 79.9. The van der Waals surface area contributed by atoms with Gasteiger partial charge in [-0.3, -0.25) is 0 Å². The van der Waals surface area contributed by atoms with Gasteiger partial charge in [0.25, 0.3) is 0 Å². The summed E-state index contributed by atoms with van der Waals surface area (Å²) in [6, 6.07) is 4.89. The summed E-state index contributed by atoms with van der Waals surface area (Å²) < 4.78 is 14.1. The van der Waals surface area contributed by atoms with Gasteiger partial charge in [-0.2, -0.15) is 0 Å². The molecule has 0 aliphatic carbocycles. The third-order valence-corrected chi connectivity index (χ3v) is 3.06. The fraction of sp³-hybridized carbons (Fsp3) is 0.385. The van der Waals surface area contributed by atoms with Crippen molar-refractivity contribution in [3.63, 3.8) is 0 Å². The SMILES string of the molecule is C=C(C)CC(NCC)c1cc(F)ccc1Br. The lowest BCUT2D eigenvalue weighted by Gasteiger charge is -2.19. The first-order valence-corrected chi connectivity index (χ1v) is 6.16. The van der Waals surface area contributed by atoms with Gasteiger partial charge in [0.2, 0.25) is 0 Å². The third-order valence-electron chi connectivity index (χ3n) is 2.34. The maximum absolute atomic E-state index is 13.2. The zero-order valence-electron chi connectivity index (χ0n) is 9.69. The number of hydrogen-bond acceptors (Lipinski definition) is 1. The van der Waals surface area contributed by atoms with Crippen molar-refractivity contribution in [1.29, 1.82) is 0 Å². The summed E-state index contributed by atoms with van der Waals surface area (Å²) in [6.07, 6.45) is 0.815. The fourth-order valence-corrected chi connectivity index (χ4v) is 2.19. The number of rotatable bonds is 5. The molecule has 0 aliphatic rings. The molecule has 1 unspecified atom stereocenters. The highest BCUT2D eigenvalue weighted by molar-refractivity contribution is 9.10. The van der Waals surface area contributed by atoms with Crippen LogP contribution in [0.3, 0.4) is 0 Å². The lowest BCUT2D eigenvalue weighted by Crippen LogP contribution is -2.21. The van der Waals surface area contributed by atoms with E-state index in [1.807, 2.05) is 13.8 Å². The maximum atomic E-state index is 13.2. The van der Waals surface area contributed by atoms with E-state index in [1.54, 1.807) is 12.1 Å². The quantitative estimate of drug-likeness (QED) is 0.800. The molecular weight excluding hydrogens is 269 g/mol. The molecular formula is C13H17BrFN. The number of halogens is 2. The zero-order valence-corrected chi connectivity index (χ0v) is 11.3. The van der Waals surface area contributed by atoms with Crippen molar-refractivity contribution < 1.29 is 4.39 Å². The summed E-state index contributed by atoms with van der Waals surface area (Å²) in [5.41, 5.74) is 2.03. The van der Waals surface area contributed by atoms with Gasteiger partial charge < -0.3 is 5.32 Å². The minimum Gasteiger partial charge on any atom is -0.310 e. The molecule has 0 fully saturated rings. The van der Waals surface area contributed by atoms with Crippen LogP contribution < -0.4 is 5.32 Å². The van der Waals surface area contributed by atoms with E-state index >= 15 is 0 Å². The Morgan fingerprint density at radius 2 is 2.25 bits per heavy atom. The van der Waals surface area contributed by atoms with Gasteiger partial charge in [-0.25, -0.2) is 4.39 Å². The lowest BCUT2D eigenvalue weighted by molar-refractivity contribution is 0.539. The molecule has 1 aromatic carbocycles. The second kappa shape index (κ2) is 6.16. The molecule has 0 bridgehead atoms. The standard InChI is InChI=1S/C13H17BrFN/c1-4-16-13(7-9(2)3)11-8-10(15)5-6-12(11)14/h5-6,8,13,16H,2,4,7H2,1,3H3. The molecule has 0 heterocycles. The van der Waals surface area contributed by atoms with Crippen LogP contribution in [0.25, 0.3) is 0 Å². The van der Waals surface area contributed by atoms with Gasteiger partial charge in [0.15, 0.2) is 0 Å². The van der Waals surface area contributed by atoms with E-state index in [0.29, 0.717) is 0 Å². The molecule has 0 amide bonds. The average molecular weight is 286 g/mol. The highest BCUT2D eigenvalue weighted by Gasteiger charge is 2.14. The van der Waals surface area contributed by atoms with E-state index in [1.165, 1.54) is 6.07 Å². The third kappa shape index (κ3) is 3.72. The van der Waals surface area contributed by atoms with E-state index in [9.17, 15) is 4.39 Å². The molecule has 3 heteroatoms. The molecule has 0 aromatic heterocycles. The van der Waals surface area contributed by atoms with Crippen molar-refractivity contribution in [2.24, 2.45) is 0 Å². The highest BCUT2D eigenvalue weighted by Crippen LogP contribution is 2.28. The van der Waals surface area contributed by atoms with Gasteiger partial charge in [0, 0.05) is 10.5 Å². The predicted octanol–water partition coefficient (Wildman–Crippen LogP) is 4.21. The van der Waals surface area contributed by atoms with E-state index in [-0.39, 0.29) is 11.9 Å². The number of benzene rings is 1. The van der Waals surface area contributed by atoms with Gasteiger partial charge in [-0.05, 0) is 43.7 Å². The largest absolute Gasteiger partial charge is 0.310 e. The molecule has 1 N–H and O–H groups in total. The molecule has 1 atom stereocenters. The van der Waals surface area contributed by atoms with Crippen LogP contribution in [0.4, 0.5) is 4.39 Å². The Morgan fingerprint density at radius 3 is 2.81 bits per heavy atom. The smallest absolute Gasteiger partial charge is 0.123 e. The molecule has 88 valence electrons. The monoisotopic (exact) mass is 285 g/mol.